The van der Waals surface area contributed by atoms with Crippen LogP contribution in [0.1, 0.15) is 28.5 Å². The minimum Gasteiger partial charge on any atom is -0.497 e. The van der Waals surface area contributed by atoms with Gasteiger partial charge in [-0.25, -0.2) is 4.79 Å². The minimum absolute atomic E-state index is 0.312. The normalized spacial score (nSPS) is 10.9. The smallest absolute Gasteiger partial charge is 0.352 e. The van der Waals surface area contributed by atoms with Gasteiger partial charge in [-0.3, -0.25) is 0 Å². The lowest BCUT2D eigenvalue weighted by Gasteiger charge is -2.11. The summed E-state index contributed by atoms with van der Waals surface area (Å²) < 4.78 is 17.9. The number of nitrogens with zero attached hydrogens (tertiary/aromatic N) is 1. The van der Waals surface area contributed by atoms with Crippen molar-refractivity contribution in [3.63, 3.8) is 0 Å². The highest BCUT2D eigenvalue weighted by molar-refractivity contribution is 5.98. The molecule has 30 heavy (non-hydrogen) atoms. The maximum atomic E-state index is 12.0. The molecule has 0 bridgehead atoms. The Labute approximate surface area is 176 Å². The van der Waals surface area contributed by atoms with Gasteiger partial charge in [0.05, 0.1) is 26.8 Å². The standard InChI is InChI=1S/C23H28N2O5/c1-5-25-20-13-17(29-3)6-8-18(20)19(22(25)23(26)27)14-24-11-10-15-12-16(28-2)7-9-21(15)30-4/h6-9,12-13,24H,5,10-11,14H2,1-4H3,(H,26,27). The first-order valence-corrected chi connectivity index (χ1v) is 9.88. The second-order valence-electron chi connectivity index (χ2n) is 6.86. The predicted molar refractivity (Wildman–Crippen MR) is 116 cm³/mol. The second kappa shape index (κ2) is 9.54. The van der Waals surface area contributed by atoms with Crippen molar-refractivity contribution in [2.75, 3.05) is 27.9 Å². The van der Waals surface area contributed by atoms with E-state index in [-0.39, 0.29) is 0 Å². The van der Waals surface area contributed by atoms with Crippen LogP contribution >= 0.6 is 0 Å². The molecule has 0 saturated heterocycles. The molecule has 2 aromatic carbocycles. The Bertz CT molecular complexity index is 1040. The number of hydrogen-bond donors (Lipinski definition) is 2. The molecule has 0 spiro atoms. The van der Waals surface area contributed by atoms with Gasteiger partial charge in [-0.1, -0.05) is 0 Å². The topological polar surface area (TPSA) is 82.0 Å². The number of benzene rings is 2. The summed E-state index contributed by atoms with van der Waals surface area (Å²) in [5.74, 6) is 1.35. The van der Waals surface area contributed by atoms with Crippen molar-refractivity contribution in [2.45, 2.75) is 26.4 Å². The van der Waals surface area contributed by atoms with E-state index in [9.17, 15) is 9.90 Å². The molecule has 0 aliphatic rings. The fourth-order valence-corrected chi connectivity index (χ4v) is 3.79. The molecule has 1 heterocycles. The van der Waals surface area contributed by atoms with E-state index in [1.165, 1.54) is 0 Å². The Morgan fingerprint density at radius 2 is 1.73 bits per heavy atom. The zero-order valence-corrected chi connectivity index (χ0v) is 17.8. The number of hydrogen-bond acceptors (Lipinski definition) is 5. The van der Waals surface area contributed by atoms with Crippen LogP contribution in [-0.4, -0.2) is 43.5 Å². The summed E-state index contributed by atoms with van der Waals surface area (Å²) in [4.78, 5) is 12.0. The molecule has 160 valence electrons. The summed E-state index contributed by atoms with van der Waals surface area (Å²) in [6.45, 7) is 3.62. The fraction of sp³-hybridized carbons (Fsp3) is 0.348. The van der Waals surface area contributed by atoms with Crippen LogP contribution in [0.4, 0.5) is 0 Å². The lowest BCUT2D eigenvalue weighted by Crippen LogP contribution is -2.19. The van der Waals surface area contributed by atoms with Crippen LogP contribution in [0.15, 0.2) is 36.4 Å². The summed E-state index contributed by atoms with van der Waals surface area (Å²) in [5, 5.41) is 14.2. The molecule has 3 rings (SSSR count). The van der Waals surface area contributed by atoms with Crippen LogP contribution in [0.5, 0.6) is 17.2 Å². The molecule has 1 aromatic heterocycles. The Kier molecular flexibility index (Phi) is 6.84. The van der Waals surface area contributed by atoms with Gasteiger partial charge in [0.2, 0.25) is 0 Å². The Morgan fingerprint density at radius 1 is 1.03 bits per heavy atom. The number of ether oxygens (including phenoxy) is 3. The van der Waals surface area contributed by atoms with Crippen molar-refractivity contribution in [1.82, 2.24) is 9.88 Å². The summed E-state index contributed by atoms with van der Waals surface area (Å²) >= 11 is 0. The number of carboxylic acids is 1. The van der Waals surface area contributed by atoms with Gasteiger partial charge in [0, 0.05) is 30.1 Å². The largest absolute Gasteiger partial charge is 0.497 e. The van der Waals surface area contributed by atoms with E-state index in [4.69, 9.17) is 14.2 Å². The van der Waals surface area contributed by atoms with Crippen LogP contribution in [0, 0.1) is 0 Å². The van der Waals surface area contributed by atoms with Gasteiger partial charge in [0.15, 0.2) is 0 Å². The number of rotatable bonds is 10. The number of fused-ring (bicyclic) bond motifs is 1. The van der Waals surface area contributed by atoms with E-state index < -0.39 is 5.97 Å². The molecular formula is C23H28N2O5. The number of aromatic carboxylic acids is 1. The average Bonchev–Trinajstić information content (AvgIpc) is 3.09. The maximum Gasteiger partial charge on any atom is 0.352 e. The fourth-order valence-electron chi connectivity index (χ4n) is 3.79. The van der Waals surface area contributed by atoms with Crippen LogP contribution < -0.4 is 19.5 Å². The quantitative estimate of drug-likeness (QED) is 0.494. The van der Waals surface area contributed by atoms with Gasteiger partial charge in [-0.05, 0) is 55.8 Å². The summed E-state index contributed by atoms with van der Waals surface area (Å²) in [6.07, 6.45) is 0.725. The summed E-state index contributed by atoms with van der Waals surface area (Å²) in [7, 11) is 4.88. The molecular weight excluding hydrogens is 384 g/mol. The van der Waals surface area contributed by atoms with Gasteiger partial charge < -0.3 is 29.2 Å². The Morgan fingerprint density at radius 3 is 2.37 bits per heavy atom. The van der Waals surface area contributed by atoms with Crippen molar-refractivity contribution in [3.8, 4) is 17.2 Å². The minimum atomic E-state index is -0.932. The number of aromatic nitrogens is 1. The zero-order chi connectivity index (χ0) is 21.7. The molecule has 0 radical (unpaired) electrons. The molecule has 7 nitrogen and oxygen atoms in total. The first kappa shape index (κ1) is 21.5. The van der Waals surface area contributed by atoms with Gasteiger partial charge in [-0.2, -0.15) is 0 Å². The van der Waals surface area contributed by atoms with Crippen LogP contribution in [0.2, 0.25) is 0 Å². The van der Waals surface area contributed by atoms with Gasteiger partial charge in [-0.15, -0.1) is 0 Å². The third-order valence-corrected chi connectivity index (χ3v) is 5.26. The lowest BCUT2D eigenvalue weighted by molar-refractivity contribution is 0.0684. The highest BCUT2D eigenvalue weighted by Gasteiger charge is 2.21. The van der Waals surface area contributed by atoms with Gasteiger partial charge in [0.25, 0.3) is 0 Å². The SMILES string of the molecule is CCn1c(C(=O)O)c(CNCCc2cc(OC)ccc2OC)c2ccc(OC)cc21. The number of methoxy groups -OCH3 is 3. The number of carbonyl (C=O) groups is 1. The van der Waals surface area contributed by atoms with Crippen LogP contribution in [-0.2, 0) is 19.5 Å². The monoisotopic (exact) mass is 412 g/mol. The first-order valence-electron chi connectivity index (χ1n) is 9.88. The number of carboxylic acid groups (broad SMARTS) is 1. The van der Waals surface area contributed by atoms with E-state index >= 15 is 0 Å². The van der Waals surface area contributed by atoms with Crippen molar-refractivity contribution in [1.29, 1.82) is 0 Å². The Balaban J connectivity index is 1.82. The van der Waals surface area contributed by atoms with E-state index in [0.717, 1.165) is 39.9 Å². The summed E-state index contributed by atoms with van der Waals surface area (Å²) in [5.41, 5.74) is 2.98. The van der Waals surface area contributed by atoms with Crippen molar-refractivity contribution in [2.24, 2.45) is 0 Å². The molecule has 0 amide bonds. The van der Waals surface area contributed by atoms with E-state index in [0.29, 0.717) is 31.1 Å². The van der Waals surface area contributed by atoms with Crippen molar-refractivity contribution >= 4 is 16.9 Å². The molecule has 0 atom stereocenters. The highest BCUT2D eigenvalue weighted by Crippen LogP contribution is 2.30. The molecule has 0 saturated carbocycles. The lowest BCUT2D eigenvalue weighted by atomic mass is 10.1. The molecule has 0 unspecified atom stereocenters. The predicted octanol–water partition coefficient (Wildman–Crippen LogP) is 3.72. The molecule has 3 aromatic rings. The number of nitrogens with one attached hydrogen (secondary N) is 1. The van der Waals surface area contributed by atoms with E-state index in [1.54, 1.807) is 21.3 Å². The van der Waals surface area contributed by atoms with E-state index in [2.05, 4.69) is 5.32 Å². The third-order valence-electron chi connectivity index (χ3n) is 5.26. The van der Waals surface area contributed by atoms with E-state index in [1.807, 2.05) is 47.9 Å². The zero-order valence-electron chi connectivity index (χ0n) is 17.8. The third kappa shape index (κ3) is 4.21. The van der Waals surface area contributed by atoms with Crippen LogP contribution in [0.3, 0.4) is 0 Å². The first-order chi connectivity index (χ1) is 14.5. The second-order valence-corrected chi connectivity index (χ2v) is 6.86. The van der Waals surface area contributed by atoms with Crippen molar-refractivity contribution < 1.29 is 24.1 Å². The molecule has 2 N–H and O–H groups in total. The highest BCUT2D eigenvalue weighted by atomic mass is 16.5. The van der Waals surface area contributed by atoms with Crippen molar-refractivity contribution in [3.05, 3.63) is 53.2 Å². The summed E-state index contributed by atoms with van der Waals surface area (Å²) in [6, 6.07) is 11.4. The Hall–Kier alpha value is -3.19. The van der Waals surface area contributed by atoms with Gasteiger partial charge in [0.1, 0.15) is 22.9 Å². The molecule has 0 aliphatic carbocycles. The van der Waals surface area contributed by atoms with Gasteiger partial charge >= 0.3 is 5.97 Å². The van der Waals surface area contributed by atoms with Crippen LogP contribution in [0.25, 0.3) is 10.9 Å². The average molecular weight is 412 g/mol. The molecule has 7 heteroatoms. The molecule has 0 aliphatic heterocycles. The molecule has 0 fully saturated rings. The number of aryl methyl sites for hydroxylation is 1. The maximum absolute atomic E-state index is 12.0.